The van der Waals surface area contributed by atoms with Crippen molar-refractivity contribution in [1.29, 1.82) is 0 Å². The molecule has 0 saturated heterocycles. The van der Waals surface area contributed by atoms with Crippen molar-refractivity contribution < 1.29 is 19.1 Å². The van der Waals surface area contributed by atoms with Gasteiger partial charge in [0.2, 0.25) is 11.8 Å². The van der Waals surface area contributed by atoms with E-state index in [1.54, 1.807) is 87.0 Å². The van der Waals surface area contributed by atoms with Gasteiger partial charge in [0.1, 0.15) is 5.75 Å². The number of amides is 3. The molecule has 0 aliphatic rings. The molecule has 0 aliphatic carbocycles. The molecule has 3 aromatic carbocycles. The summed E-state index contributed by atoms with van der Waals surface area (Å²) in [5.41, 5.74) is 2.29. The number of nitrogens with zero attached hydrogens (tertiary/aromatic N) is 1. The molecule has 0 radical (unpaired) electrons. The van der Waals surface area contributed by atoms with Crippen LogP contribution in [-0.2, 0) is 9.59 Å². The van der Waals surface area contributed by atoms with Gasteiger partial charge in [0.25, 0.3) is 5.91 Å². The molecule has 9 heteroatoms. The summed E-state index contributed by atoms with van der Waals surface area (Å²) in [4.78, 5) is 38.3. The lowest BCUT2D eigenvalue weighted by atomic mass is 10.2. The number of halogens is 1. The summed E-state index contributed by atoms with van der Waals surface area (Å²) in [6.07, 6.45) is 0. The molecular weight excluding hydrogens is 456 g/mol. The summed E-state index contributed by atoms with van der Waals surface area (Å²) in [6, 6.07) is 20.6. The number of carbonyl (C=O) groups excluding carboxylic acids is 3. The van der Waals surface area contributed by atoms with Crippen molar-refractivity contribution in [2.45, 2.75) is 0 Å². The van der Waals surface area contributed by atoms with Gasteiger partial charge in [-0.15, -0.1) is 0 Å². The predicted octanol–water partition coefficient (Wildman–Crippen LogP) is 4.11. The first-order chi connectivity index (χ1) is 16.4. The van der Waals surface area contributed by atoms with Gasteiger partial charge < -0.3 is 25.6 Å². The van der Waals surface area contributed by atoms with Crippen LogP contribution in [-0.4, -0.2) is 49.9 Å². The van der Waals surface area contributed by atoms with Crippen molar-refractivity contribution >= 4 is 46.4 Å². The normalized spacial score (nSPS) is 10.2. The van der Waals surface area contributed by atoms with Gasteiger partial charge in [-0.2, -0.15) is 0 Å². The van der Waals surface area contributed by atoms with Crippen LogP contribution in [0.25, 0.3) is 0 Å². The number of para-hydroxylation sites is 1. The number of methoxy groups -OCH3 is 1. The molecule has 176 valence electrons. The topological polar surface area (TPSA) is 99.8 Å². The van der Waals surface area contributed by atoms with Gasteiger partial charge in [-0.3, -0.25) is 14.4 Å². The molecule has 3 amide bonds. The molecular formula is C25H25ClN4O4. The average molecular weight is 481 g/mol. The van der Waals surface area contributed by atoms with E-state index in [0.29, 0.717) is 33.4 Å². The molecule has 3 rings (SSSR count). The standard InChI is InChI=1S/C25H25ClN4O4/c1-30(16-23(31)29-22-6-4-3-5-21(22)26)24(32)15-27-18-9-7-17(8-10-18)25(33)28-19-11-13-20(34-2)14-12-19/h3-14,27H,15-16H2,1-2H3,(H,28,33)(H,29,31). The lowest BCUT2D eigenvalue weighted by Crippen LogP contribution is -2.38. The Labute approximate surface area is 202 Å². The Morgan fingerprint density at radius 3 is 2.18 bits per heavy atom. The molecule has 0 fully saturated rings. The molecule has 0 atom stereocenters. The van der Waals surface area contributed by atoms with E-state index in [1.807, 2.05) is 0 Å². The second kappa shape index (κ2) is 11.7. The Morgan fingerprint density at radius 2 is 1.53 bits per heavy atom. The first kappa shape index (κ1) is 24.6. The molecule has 0 saturated carbocycles. The van der Waals surface area contributed by atoms with E-state index in [0.717, 1.165) is 0 Å². The lowest BCUT2D eigenvalue weighted by molar-refractivity contribution is -0.131. The fraction of sp³-hybridized carbons (Fsp3) is 0.160. The number of anilines is 3. The monoisotopic (exact) mass is 480 g/mol. The number of likely N-dealkylation sites (N-methyl/N-ethyl adjacent to an activating group) is 1. The molecule has 0 bridgehead atoms. The summed E-state index contributed by atoms with van der Waals surface area (Å²) in [5.74, 6) is -0.168. The van der Waals surface area contributed by atoms with Gasteiger partial charge in [0, 0.05) is 24.0 Å². The van der Waals surface area contributed by atoms with Gasteiger partial charge in [-0.05, 0) is 60.7 Å². The number of hydrogen-bond acceptors (Lipinski definition) is 5. The highest BCUT2D eigenvalue weighted by molar-refractivity contribution is 6.33. The maximum absolute atomic E-state index is 12.4. The van der Waals surface area contributed by atoms with E-state index in [4.69, 9.17) is 16.3 Å². The quantitative estimate of drug-likeness (QED) is 0.428. The Hall–Kier alpha value is -4.04. The molecule has 3 aromatic rings. The number of rotatable bonds is 9. The van der Waals surface area contributed by atoms with E-state index in [2.05, 4.69) is 16.0 Å². The largest absolute Gasteiger partial charge is 0.497 e. The predicted molar refractivity (Wildman–Crippen MR) is 134 cm³/mol. The Kier molecular flexibility index (Phi) is 8.48. The Balaban J connectivity index is 1.46. The van der Waals surface area contributed by atoms with Crippen LogP contribution in [0.2, 0.25) is 5.02 Å². The first-order valence-electron chi connectivity index (χ1n) is 10.4. The fourth-order valence-electron chi connectivity index (χ4n) is 2.99. The SMILES string of the molecule is COc1ccc(NC(=O)c2ccc(NCC(=O)N(C)CC(=O)Nc3ccccc3Cl)cc2)cc1. The minimum Gasteiger partial charge on any atom is -0.497 e. The van der Waals surface area contributed by atoms with Crippen molar-refractivity contribution in [3.8, 4) is 5.75 Å². The molecule has 0 aliphatic heterocycles. The van der Waals surface area contributed by atoms with Crippen LogP contribution in [0.15, 0.2) is 72.8 Å². The zero-order valence-corrected chi connectivity index (χ0v) is 19.6. The molecule has 8 nitrogen and oxygen atoms in total. The molecule has 3 N–H and O–H groups in total. The van der Waals surface area contributed by atoms with Gasteiger partial charge in [0.15, 0.2) is 0 Å². The van der Waals surface area contributed by atoms with Crippen molar-refractivity contribution in [2.75, 3.05) is 43.2 Å². The van der Waals surface area contributed by atoms with Crippen molar-refractivity contribution in [3.63, 3.8) is 0 Å². The molecule has 0 aromatic heterocycles. The van der Waals surface area contributed by atoms with E-state index in [-0.39, 0.29) is 30.8 Å². The molecule has 34 heavy (non-hydrogen) atoms. The van der Waals surface area contributed by atoms with E-state index in [9.17, 15) is 14.4 Å². The number of nitrogens with one attached hydrogen (secondary N) is 3. The number of hydrogen-bond donors (Lipinski definition) is 3. The molecule has 0 spiro atoms. The smallest absolute Gasteiger partial charge is 0.255 e. The zero-order valence-electron chi connectivity index (χ0n) is 18.8. The van der Waals surface area contributed by atoms with Crippen LogP contribution in [0, 0.1) is 0 Å². The third-order valence-electron chi connectivity index (χ3n) is 4.89. The summed E-state index contributed by atoms with van der Waals surface area (Å²) in [6.45, 7) is -0.122. The minimum atomic E-state index is -0.351. The van der Waals surface area contributed by atoms with E-state index < -0.39 is 0 Å². The van der Waals surface area contributed by atoms with Crippen LogP contribution in [0.3, 0.4) is 0 Å². The highest BCUT2D eigenvalue weighted by atomic mass is 35.5. The average Bonchev–Trinajstić information content (AvgIpc) is 2.84. The van der Waals surface area contributed by atoms with Crippen LogP contribution in [0.1, 0.15) is 10.4 Å². The maximum atomic E-state index is 12.4. The third kappa shape index (κ3) is 6.98. The van der Waals surface area contributed by atoms with Gasteiger partial charge >= 0.3 is 0 Å². The highest BCUT2D eigenvalue weighted by Gasteiger charge is 2.14. The second-order valence-electron chi connectivity index (χ2n) is 7.39. The zero-order chi connectivity index (χ0) is 24.5. The molecule has 0 unspecified atom stereocenters. The minimum absolute atomic E-state index is 0.00668. The number of carbonyl (C=O) groups is 3. The lowest BCUT2D eigenvalue weighted by Gasteiger charge is -2.18. The van der Waals surface area contributed by atoms with Crippen LogP contribution in [0.4, 0.5) is 17.1 Å². The Bertz CT molecular complexity index is 1150. The Morgan fingerprint density at radius 1 is 0.882 bits per heavy atom. The summed E-state index contributed by atoms with van der Waals surface area (Å²) >= 11 is 6.03. The van der Waals surface area contributed by atoms with Gasteiger partial charge in [-0.1, -0.05) is 23.7 Å². The van der Waals surface area contributed by atoms with Crippen molar-refractivity contribution in [2.24, 2.45) is 0 Å². The van der Waals surface area contributed by atoms with Crippen molar-refractivity contribution in [1.82, 2.24) is 4.90 Å². The van der Waals surface area contributed by atoms with Crippen LogP contribution < -0.4 is 20.7 Å². The van der Waals surface area contributed by atoms with Gasteiger partial charge in [-0.25, -0.2) is 0 Å². The van der Waals surface area contributed by atoms with E-state index in [1.165, 1.54) is 4.90 Å². The van der Waals surface area contributed by atoms with Crippen LogP contribution in [0.5, 0.6) is 5.75 Å². The highest BCUT2D eigenvalue weighted by Crippen LogP contribution is 2.20. The van der Waals surface area contributed by atoms with Crippen LogP contribution >= 0.6 is 11.6 Å². The maximum Gasteiger partial charge on any atom is 0.255 e. The third-order valence-corrected chi connectivity index (χ3v) is 5.22. The van der Waals surface area contributed by atoms with Gasteiger partial charge in [0.05, 0.1) is 30.9 Å². The van der Waals surface area contributed by atoms with Crippen molar-refractivity contribution in [3.05, 3.63) is 83.4 Å². The summed E-state index contributed by atoms with van der Waals surface area (Å²) in [7, 11) is 3.12. The molecule has 0 heterocycles. The second-order valence-corrected chi connectivity index (χ2v) is 7.80. The first-order valence-corrected chi connectivity index (χ1v) is 10.8. The number of benzene rings is 3. The fourth-order valence-corrected chi connectivity index (χ4v) is 3.17. The van der Waals surface area contributed by atoms with E-state index >= 15 is 0 Å². The summed E-state index contributed by atoms with van der Waals surface area (Å²) < 4.78 is 5.10. The summed E-state index contributed by atoms with van der Waals surface area (Å²) in [5, 5.41) is 8.91. The number of ether oxygens (including phenoxy) is 1.